The van der Waals surface area contributed by atoms with Crippen LogP contribution >= 0.6 is 0 Å². The van der Waals surface area contributed by atoms with Crippen LogP contribution in [-0.4, -0.2) is 76.1 Å². The van der Waals surface area contributed by atoms with Gasteiger partial charge in [-0.05, 0) is 90.5 Å². The lowest BCUT2D eigenvalue weighted by atomic mass is 9.58. The van der Waals surface area contributed by atoms with Crippen molar-refractivity contribution in [1.29, 1.82) is 0 Å². The number of nitro benzene ring substituents is 1. The summed E-state index contributed by atoms with van der Waals surface area (Å²) in [6.45, 7) is 6.34. The molecular formula is C32H40FN7O7. The van der Waals surface area contributed by atoms with Crippen molar-refractivity contribution in [2.45, 2.75) is 70.1 Å². The van der Waals surface area contributed by atoms with Crippen LogP contribution in [0.5, 0.6) is 0 Å². The van der Waals surface area contributed by atoms with Crippen molar-refractivity contribution in [3.05, 3.63) is 57.4 Å². The maximum atomic E-state index is 13.7. The van der Waals surface area contributed by atoms with Gasteiger partial charge in [-0.15, -0.1) is 0 Å². The second kappa shape index (κ2) is 13.4. The molecular weight excluding hydrogens is 613 g/mol. The number of nitrogens with zero attached hydrogens (tertiary/aromatic N) is 4. The van der Waals surface area contributed by atoms with Gasteiger partial charge in [-0.25, -0.2) is 13.8 Å². The Kier molecular flexibility index (Phi) is 9.28. The van der Waals surface area contributed by atoms with E-state index < -0.39 is 16.6 Å². The van der Waals surface area contributed by atoms with E-state index in [1.165, 1.54) is 24.3 Å². The number of hydrogen-bond acceptors (Lipinski definition) is 11. The van der Waals surface area contributed by atoms with Crippen LogP contribution in [-0.2, 0) is 27.4 Å². The molecule has 2 bridgehead atoms. The van der Waals surface area contributed by atoms with Gasteiger partial charge in [0, 0.05) is 36.8 Å². The highest BCUT2D eigenvalue weighted by molar-refractivity contribution is 5.93. The Morgan fingerprint density at radius 3 is 2.74 bits per heavy atom. The Morgan fingerprint density at radius 1 is 1.11 bits per heavy atom. The Bertz CT molecular complexity index is 1650. The van der Waals surface area contributed by atoms with Gasteiger partial charge in [0.2, 0.25) is 11.4 Å². The average Bonchev–Trinajstić information content (AvgIpc) is 3.66. The lowest BCUT2D eigenvalue weighted by Gasteiger charge is -2.54. The second-order valence-corrected chi connectivity index (χ2v) is 13.5. The Hall–Kier alpha value is -4.37. The molecule has 3 aliphatic rings. The molecule has 2 aromatic carbocycles. The van der Waals surface area contributed by atoms with E-state index in [-0.39, 0.29) is 53.7 Å². The number of nitro groups is 1. The number of aromatic nitrogens is 2. The van der Waals surface area contributed by atoms with Gasteiger partial charge in [0.15, 0.2) is 5.52 Å². The van der Waals surface area contributed by atoms with Crippen LogP contribution in [0.1, 0.15) is 57.1 Å². The lowest BCUT2D eigenvalue weighted by molar-refractivity contribution is -0.383. The van der Waals surface area contributed by atoms with Gasteiger partial charge in [-0.2, -0.15) is 0 Å². The van der Waals surface area contributed by atoms with E-state index in [4.69, 9.17) is 9.47 Å². The molecule has 6 rings (SSSR count). The maximum absolute atomic E-state index is 13.7. The van der Waals surface area contributed by atoms with Gasteiger partial charge in [-0.1, -0.05) is 13.0 Å². The Morgan fingerprint density at radius 2 is 1.91 bits per heavy atom. The van der Waals surface area contributed by atoms with Crippen molar-refractivity contribution in [2.24, 2.45) is 11.8 Å². The number of halogens is 1. The molecule has 2 saturated carbocycles. The topological polar surface area (TPSA) is 174 Å². The van der Waals surface area contributed by atoms with Gasteiger partial charge in [0.05, 0.1) is 30.4 Å². The van der Waals surface area contributed by atoms with Gasteiger partial charge in [0.1, 0.15) is 12.4 Å². The SMILES string of the molecule is CC1CC2CC(C)(NCC(=O)N3Cc4ccc(F)cc4C3)CC(NC(=O)OCCOCCNc3ccc([N+](=O)[O-])c4nonc34)(C1)C2. The summed E-state index contributed by atoms with van der Waals surface area (Å²) in [5.41, 5.74) is 1.69. The molecule has 1 aromatic heterocycles. The number of alkyl carbamates (subject to hydrolysis) is 1. The summed E-state index contributed by atoms with van der Waals surface area (Å²) in [4.78, 5) is 38.5. The molecule has 3 aromatic rings. The molecule has 2 amide bonds. The largest absolute Gasteiger partial charge is 0.447 e. The summed E-state index contributed by atoms with van der Waals surface area (Å²) in [6.07, 6.45) is 3.85. The molecule has 1 aliphatic heterocycles. The fourth-order valence-electron chi connectivity index (χ4n) is 7.97. The number of hydrogen-bond donors (Lipinski definition) is 3. The van der Waals surface area contributed by atoms with Crippen LogP contribution in [0.15, 0.2) is 35.0 Å². The van der Waals surface area contributed by atoms with Gasteiger partial charge in [0.25, 0.3) is 0 Å². The second-order valence-electron chi connectivity index (χ2n) is 13.5. The van der Waals surface area contributed by atoms with Crippen LogP contribution in [0.25, 0.3) is 11.0 Å². The van der Waals surface area contributed by atoms with Crippen molar-refractivity contribution in [1.82, 2.24) is 25.8 Å². The van der Waals surface area contributed by atoms with E-state index in [0.717, 1.165) is 36.8 Å². The van der Waals surface area contributed by atoms with Crippen LogP contribution in [0, 0.1) is 27.8 Å². The zero-order chi connectivity index (χ0) is 33.2. The molecule has 14 nitrogen and oxygen atoms in total. The first-order valence-corrected chi connectivity index (χ1v) is 16.0. The van der Waals surface area contributed by atoms with Crippen molar-refractivity contribution >= 4 is 34.4 Å². The minimum Gasteiger partial charge on any atom is -0.447 e. The molecule has 0 spiro atoms. The molecule has 0 radical (unpaired) electrons. The van der Waals surface area contributed by atoms with E-state index in [2.05, 4.69) is 44.7 Å². The number of ether oxygens (including phenoxy) is 2. The van der Waals surface area contributed by atoms with E-state index >= 15 is 0 Å². The fraction of sp³-hybridized carbons (Fsp3) is 0.562. The summed E-state index contributed by atoms with van der Waals surface area (Å²) in [5.74, 6) is 0.530. The lowest BCUT2D eigenvalue weighted by Crippen LogP contribution is -2.64. The summed E-state index contributed by atoms with van der Waals surface area (Å²) in [7, 11) is 0. The van der Waals surface area contributed by atoms with Crippen molar-refractivity contribution < 1.29 is 33.0 Å². The molecule has 2 heterocycles. The van der Waals surface area contributed by atoms with Crippen molar-refractivity contribution in [3.8, 4) is 0 Å². The molecule has 3 N–H and O–H groups in total. The number of anilines is 1. The number of rotatable bonds is 12. The Balaban J connectivity index is 0.943. The number of benzene rings is 2. The number of fused-ring (bicyclic) bond motifs is 4. The van der Waals surface area contributed by atoms with E-state index in [9.17, 15) is 24.1 Å². The van der Waals surface area contributed by atoms with Crippen molar-refractivity contribution in [3.63, 3.8) is 0 Å². The normalized spacial score (nSPS) is 25.0. The van der Waals surface area contributed by atoms with Gasteiger partial charge < -0.3 is 30.3 Å². The molecule has 2 fully saturated rings. The highest BCUT2D eigenvalue weighted by Gasteiger charge is 2.50. The van der Waals surface area contributed by atoms with Crippen molar-refractivity contribution in [2.75, 3.05) is 38.2 Å². The third-order valence-corrected chi connectivity index (χ3v) is 9.51. The van der Waals surface area contributed by atoms with Crippen LogP contribution in [0.3, 0.4) is 0 Å². The fourth-order valence-corrected chi connectivity index (χ4v) is 7.97. The minimum atomic E-state index is -0.546. The molecule has 4 unspecified atom stereocenters. The number of nitrogens with one attached hydrogen (secondary N) is 3. The summed E-state index contributed by atoms with van der Waals surface area (Å²) in [6, 6.07) is 7.54. The van der Waals surface area contributed by atoms with E-state index in [1.807, 2.05) is 0 Å². The molecule has 47 heavy (non-hydrogen) atoms. The third kappa shape index (κ3) is 7.46. The molecule has 252 valence electrons. The quantitative estimate of drug-likeness (QED) is 0.145. The average molecular weight is 654 g/mol. The number of amides is 2. The number of carbonyl (C=O) groups is 2. The molecule has 4 atom stereocenters. The summed E-state index contributed by atoms with van der Waals surface area (Å²) in [5, 5.41) is 28.3. The number of carbonyl (C=O) groups excluding carboxylic acids is 2. The van der Waals surface area contributed by atoms with Crippen LogP contribution in [0.2, 0.25) is 0 Å². The predicted octanol–water partition coefficient (Wildman–Crippen LogP) is 4.28. The first-order chi connectivity index (χ1) is 22.5. The molecule has 2 aliphatic carbocycles. The predicted molar refractivity (Wildman–Crippen MR) is 168 cm³/mol. The third-order valence-electron chi connectivity index (χ3n) is 9.51. The summed E-state index contributed by atoms with van der Waals surface area (Å²) >= 11 is 0. The zero-order valence-corrected chi connectivity index (χ0v) is 26.6. The molecule has 0 saturated heterocycles. The monoisotopic (exact) mass is 653 g/mol. The first kappa shape index (κ1) is 32.6. The summed E-state index contributed by atoms with van der Waals surface area (Å²) < 4.78 is 29.4. The molecule has 15 heteroatoms. The highest BCUT2D eigenvalue weighted by atomic mass is 19.1. The minimum absolute atomic E-state index is 0.0280. The smallest absolute Gasteiger partial charge is 0.407 e. The van der Waals surface area contributed by atoms with Crippen LogP contribution < -0.4 is 16.0 Å². The number of non-ortho nitro benzene ring substituents is 1. The Labute approximate surface area is 270 Å². The van der Waals surface area contributed by atoms with Gasteiger partial charge in [-0.3, -0.25) is 14.9 Å². The zero-order valence-electron chi connectivity index (χ0n) is 26.6. The maximum Gasteiger partial charge on any atom is 0.407 e. The highest BCUT2D eigenvalue weighted by Crippen LogP contribution is 2.49. The van der Waals surface area contributed by atoms with E-state index in [1.54, 1.807) is 11.0 Å². The van der Waals surface area contributed by atoms with E-state index in [0.29, 0.717) is 50.2 Å². The van der Waals surface area contributed by atoms with Crippen LogP contribution in [0.4, 0.5) is 20.6 Å². The van der Waals surface area contributed by atoms with Gasteiger partial charge >= 0.3 is 11.8 Å². The first-order valence-electron chi connectivity index (χ1n) is 16.0. The standard InChI is InChI=1S/C32H40FN7O7/c1-20-11-21-14-31(2,35-16-27(41)39-17-22-3-4-24(33)12-23(22)18-39)19-32(13-20,15-21)36-30(42)46-10-9-45-8-7-34-25-5-6-26(40(43)44)29-28(25)37-47-38-29/h3-6,12,20-21,34-35H,7-11,13-19H2,1-2H3,(H,36,42).